The highest BCUT2D eigenvalue weighted by Crippen LogP contribution is 2.37. The average Bonchev–Trinajstić information content (AvgIpc) is 2.40. The average molecular weight is 304 g/mol. The number of benzene rings is 1. The van der Waals surface area contributed by atoms with Crippen molar-refractivity contribution in [3.05, 3.63) is 24.3 Å². The first-order valence-corrected chi connectivity index (χ1v) is 7.13. The Morgan fingerprint density at radius 2 is 2.00 bits per heavy atom. The number of piperidine rings is 1. The second-order valence-electron chi connectivity index (χ2n) is 4.60. The summed E-state index contributed by atoms with van der Waals surface area (Å²) in [5.41, 5.74) is -3.77. The van der Waals surface area contributed by atoms with Gasteiger partial charge in [-0.25, -0.2) is 0 Å². The van der Waals surface area contributed by atoms with Crippen molar-refractivity contribution < 1.29 is 18.0 Å². The maximum absolute atomic E-state index is 12.2. The van der Waals surface area contributed by atoms with Gasteiger partial charge in [0.25, 0.3) is 0 Å². The summed E-state index contributed by atoms with van der Waals surface area (Å²) in [6, 6.07) is 5.68. The summed E-state index contributed by atoms with van der Waals surface area (Å²) in [6.07, 6.45) is 1.79. The van der Waals surface area contributed by atoms with Crippen molar-refractivity contribution in [3.63, 3.8) is 0 Å². The third-order valence-electron chi connectivity index (χ3n) is 3.02. The molecule has 0 aromatic heterocycles. The second-order valence-corrected chi connectivity index (χ2v) is 5.74. The van der Waals surface area contributed by atoms with Crippen molar-refractivity contribution in [2.45, 2.75) is 23.2 Å². The molecule has 1 saturated heterocycles. The SMILES string of the molecule is O=C(Nc1ccc(SC(F)(F)F)cc1)[C@@H]1CCCNC1. The van der Waals surface area contributed by atoms with E-state index in [9.17, 15) is 18.0 Å². The second kappa shape index (κ2) is 6.49. The van der Waals surface area contributed by atoms with E-state index in [1.54, 1.807) is 0 Å². The number of anilines is 1. The lowest BCUT2D eigenvalue weighted by molar-refractivity contribution is -0.120. The molecule has 0 unspecified atom stereocenters. The number of carbonyl (C=O) groups is 1. The number of halogens is 3. The lowest BCUT2D eigenvalue weighted by Crippen LogP contribution is -2.37. The van der Waals surface area contributed by atoms with Gasteiger partial charge in [0.15, 0.2) is 0 Å². The highest BCUT2D eigenvalue weighted by atomic mass is 32.2. The molecule has 7 heteroatoms. The summed E-state index contributed by atoms with van der Waals surface area (Å²) in [5, 5.41) is 5.88. The standard InChI is InChI=1S/C13H15F3N2OS/c14-13(15,16)20-11-5-3-10(4-6-11)18-12(19)9-2-1-7-17-8-9/h3-6,9,17H,1-2,7-8H2,(H,18,19)/t9-/m1/s1. The van der Waals surface area contributed by atoms with Gasteiger partial charge in [0, 0.05) is 17.1 Å². The fraction of sp³-hybridized carbons (Fsp3) is 0.462. The van der Waals surface area contributed by atoms with E-state index in [1.165, 1.54) is 24.3 Å². The van der Waals surface area contributed by atoms with Gasteiger partial charge in [-0.2, -0.15) is 13.2 Å². The minimum absolute atomic E-state index is 0.0759. The highest BCUT2D eigenvalue weighted by Gasteiger charge is 2.29. The van der Waals surface area contributed by atoms with Crippen molar-refractivity contribution in [1.82, 2.24) is 5.32 Å². The summed E-state index contributed by atoms with van der Waals surface area (Å²) in [4.78, 5) is 12.1. The Hall–Kier alpha value is -1.21. The van der Waals surface area contributed by atoms with Crippen LogP contribution in [0.4, 0.5) is 18.9 Å². The summed E-state index contributed by atoms with van der Waals surface area (Å²) in [6.45, 7) is 1.57. The Morgan fingerprint density at radius 1 is 1.30 bits per heavy atom. The molecule has 0 radical (unpaired) electrons. The van der Waals surface area contributed by atoms with Gasteiger partial charge in [-0.1, -0.05) is 0 Å². The lowest BCUT2D eigenvalue weighted by Gasteiger charge is -2.21. The Balaban J connectivity index is 1.91. The number of amides is 1. The molecule has 3 nitrogen and oxygen atoms in total. The van der Waals surface area contributed by atoms with Crippen LogP contribution in [0, 0.1) is 5.92 Å². The minimum atomic E-state index is -4.29. The topological polar surface area (TPSA) is 41.1 Å². The number of nitrogens with one attached hydrogen (secondary N) is 2. The molecule has 20 heavy (non-hydrogen) atoms. The molecule has 1 atom stereocenters. The molecule has 0 bridgehead atoms. The van der Waals surface area contributed by atoms with E-state index in [1.807, 2.05) is 0 Å². The quantitative estimate of drug-likeness (QED) is 0.842. The number of carbonyl (C=O) groups excluding carboxylic acids is 1. The van der Waals surface area contributed by atoms with Crippen LogP contribution in [0.2, 0.25) is 0 Å². The molecule has 0 spiro atoms. The monoisotopic (exact) mass is 304 g/mol. The van der Waals surface area contributed by atoms with Crippen LogP contribution in [0.1, 0.15) is 12.8 Å². The van der Waals surface area contributed by atoms with Crippen molar-refractivity contribution in [2.24, 2.45) is 5.92 Å². The molecule has 1 amide bonds. The van der Waals surface area contributed by atoms with Crippen LogP contribution in [0.5, 0.6) is 0 Å². The molecule has 1 aliphatic heterocycles. The van der Waals surface area contributed by atoms with Gasteiger partial charge in [0.2, 0.25) is 5.91 Å². The van der Waals surface area contributed by atoms with Crippen LogP contribution < -0.4 is 10.6 Å². The number of alkyl halides is 3. The maximum atomic E-state index is 12.2. The zero-order valence-corrected chi connectivity index (χ0v) is 11.5. The van der Waals surface area contributed by atoms with Crippen LogP contribution in [-0.4, -0.2) is 24.5 Å². The largest absolute Gasteiger partial charge is 0.446 e. The van der Waals surface area contributed by atoms with E-state index < -0.39 is 5.51 Å². The maximum Gasteiger partial charge on any atom is 0.446 e. The van der Waals surface area contributed by atoms with Crippen LogP contribution in [0.25, 0.3) is 0 Å². The predicted octanol–water partition coefficient (Wildman–Crippen LogP) is 3.24. The molecule has 2 rings (SSSR count). The Morgan fingerprint density at radius 3 is 2.55 bits per heavy atom. The molecule has 0 saturated carbocycles. The zero-order valence-electron chi connectivity index (χ0n) is 10.7. The zero-order chi connectivity index (χ0) is 14.6. The van der Waals surface area contributed by atoms with Crippen molar-refractivity contribution in [1.29, 1.82) is 0 Å². The van der Waals surface area contributed by atoms with Gasteiger partial charge < -0.3 is 10.6 Å². The summed E-state index contributed by atoms with van der Waals surface area (Å²) in [5.74, 6) is -0.165. The third-order valence-corrected chi connectivity index (χ3v) is 3.76. The Labute approximate surface area is 119 Å². The van der Waals surface area contributed by atoms with E-state index in [2.05, 4.69) is 10.6 Å². The molecular formula is C13H15F3N2OS. The molecule has 1 aromatic rings. The first-order chi connectivity index (χ1) is 9.44. The first-order valence-electron chi connectivity index (χ1n) is 6.31. The fourth-order valence-electron chi connectivity index (χ4n) is 2.06. The van der Waals surface area contributed by atoms with Crippen LogP contribution >= 0.6 is 11.8 Å². The highest BCUT2D eigenvalue weighted by molar-refractivity contribution is 8.00. The van der Waals surface area contributed by atoms with Crippen LogP contribution in [0.15, 0.2) is 29.2 Å². The molecular weight excluding hydrogens is 289 g/mol. The van der Waals surface area contributed by atoms with Gasteiger partial charge in [-0.15, -0.1) is 0 Å². The van der Waals surface area contributed by atoms with Gasteiger partial charge in [-0.05, 0) is 55.4 Å². The lowest BCUT2D eigenvalue weighted by atomic mass is 9.99. The van der Waals surface area contributed by atoms with Crippen molar-refractivity contribution >= 4 is 23.4 Å². The fourth-order valence-corrected chi connectivity index (χ4v) is 2.60. The number of hydrogen-bond donors (Lipinski definition) is 2. The van der Waals surface area contributed by atoms with E-state index in [4.69, 9.17) is 0 Å². The van der Waals surface area contributed by atoms with Crippen LogP contribution in [0.3, 0.4) is 0 Å². The van der Waals surface area contributed by atoms with Crippen molar-refractivity contribution in [2.75, 3.05) is 18.4 Å². The van der Waals surface area contributed by atoms with Gasteiger partial charge in [0.05, 0.1) is 5.92 Å². The predicted molar refractivity (Wildman–Crippen MR) is 72.6 cm³/mol. The van der Waals surface area contributed by atoms with E-state index in [0.29, 0.717) is 12.2 Å². The third kappa shape index (κ3) is 4.72. The van der Waals surface area contributed by atoms with Gasteiger partial charge >= 0.3 is 5.51 Å². The molecule has 1 fully saturated rings. The van der Waals surface area contributed by atoms with Crippen molar-refractivity contribution in [3.8, 4) is 0 Å². The molecule has 1 aliphatic rings. The van der Waals surface area contributed by atoms with Gasteiger partial charge in [0.1, 0.15) is 0 Å². The molecule has 1 heterocycles. The molecule has 110 valence electrons. The van der Waals surface area contributed by atoms with Crippen LogP contribution in [-0.2, 0) is 4.79 Å². The summed E-state index contributed by atoms with van der Waals surface area (Å²) >= 11 is -0.166. The van der Waals surface area contributed by atoms with E-state index in [0.717, 1.165) is 19.4 Å². The summed E-state index contributed by atoms with van der Waals surface area (Å²) < 4.78 is 36.5. The van der Waals surface area contributed by atoms with Gasteiger partial charge in [-0.3, -0.25) is 4.79 Å². The Bertz CT molecular complexity index is 456. The van der Waals surface area contributed by atoms with E-state index >= 15 is 0 Å². The number of rotatable bonds is 3. The first kappa shape index (κ1) is 15.2. The molecule has 1 aromatic carbocycles. The molecule has 2 N–H and O–H groups in total. The number of hydrogen-bond acceptors (Lipinski definition) is 3. The minimum Gasteiger partial charge on any atom is -0.326 e. The summed E-state index contributed by atoms with van der Waals surface area (Å²) in [7, 11) is 0. The normalized spacial score (nSPS) is 19.6. The molecule has 0 aliphatic carbocycles. The smallest absolute Gasteiger partial charge is 0.326 e. The number of thioether (sulfide) groups is 1. The van der Waals surface area contributed by atoms with E-state index in [-0.39, 0.29) is 28.5 Å². The Kier molecular flexibility index (Phi) is 4.93.